The van der Waals surface area contributed by atoms with Crippen molar-refractivity contribution in [2.45, 2.75) is 44.7 Å². The fourth-order valence-electron chi connectivity index (χ4n) is 5.41. The van der Waals surface area contributed by atoms with Crippen LogP contribution in [0.1, 0.15) is 32.1 Å². The molecule has 0 radical (unpaired) electrons. The Hall–Kier alpha value is -1.52. The highest BCUT2D eigenvalue weighted by atomic mass is 16.2. The van der Waals surface area contributed by atoms with Crippen molar-refractivity contribution in [3.05, 3.63) is 12.3 Å². The van der Waals surface area contributed by atoms with Gasteiger partial charge in [0.25, 0.3) is 0 Å². The normalized spacial score (nSPS) is 36.9. The van der Waals surface area contributed by atoms with E-state index in [-0.39, 0.29) is 5.91 Å². The number of hydrogen-bond donors (Lipinski definition) is 1. The van der Waals surface area contributed by atoms with Gasteiger partial charge in [-0.15, -0.1) is 0 Å². The molecule has 4 fully saturated rings. The second-order valence-corrected chi connectivity index (χ2v) is 7.36. The minimum Gasteiger partial charge on any atom is -0.382 e. The Bertz CT molecular complexity index is 524. The molecule has 2 N–H and O–H groups in total. The smallest absolute Gasteiger partial charge is 0.244 e. The third-order valence-corrected chi connectivity index (χ3v) is 5.98. The van der Waals surface area contributed by atoms with Crippen molar-refractivity contribution < 1.29 is 4.79 Å². The standard InChI is InChI=1S/C16H24N4O/c1-19(15(21)9-20-3-2-14(17)18-20)16-12-5-10-4-11(7-12)8-13(16)6-10/h2-3,10-13,16H,4-9H2,1H3,(H2,17,18). The van der Waals surface area contributed by atoms with E-state index in [4.69, 9.17) is 5.73 Å². The number of aromatic nitrogens is 2. The van der Waals surface area contributed by atoms with Gasteiger partial charge >= 0.3 is 0 Å². The topological polar surface area (TPSA) is 64.2 Å². The largest absolute Gasteiger partial charge is 0.382 e. The fraction of sp³-hybridized carbons (Fsp3) is 0.750. The first-order chi connectivity index (χ1) is 10.1. The summed E-state index contributed by atoms with van der Waals surface area (Å²) < 4.78 is 1.64. The zero-order valence-corrected chi connectivity index (χ0v) is 12.6. The zero-order valence-electron chi connectivity index (χ0n) is 12.6. The van der Waals surface area contributed by atoms with Crippen LogP contribution in [0, 0.1) is 23.7 Å². The van der Waals surface area contributed by atoms with Crippen LogP contribution in [0.25, 0.3) is 0 Å². The van der Waals surface area contributed by atoms with Gasteiger partial charge in [0.05, 0.1) is 0 Å². The van der Waals surface area contributed by atoms with Crippen molar-refractivity contribution in [1.82, 2.24) is 14.7 Å². The highest BCUT2D eigenvalue weighted by molar-refractivity contribution is 5.76. The van der Waals surface area contributed by atoms with E-state index in [1.54, 1.807) is 16.9 Å². The van der Waals surface area contributed by atoms with Gasteiger partial charge in [-0.3, -0.25) is 9.48 Å². The third-order valence-electron chi connectivity index (χ3n) is 5.98. The van der Waals surface area contributed by atoms with E-state index in [1.807, 2.05) is 11.9 Å². The van der Waals surface area contributed by atoms with Crippen molar-refractivity contribution in [3.8, 4) is 0 Å². The number of anilines is 1. The first-order valence-electron chi connectivity index (χ1n) is 8.14. The molecule has 0 atom stereocenters. The number of carbonyl (C=O) groups is 1. The summed E-state index contributed by atoms with van der Waals surface area (Å²) >= 11 is 0. The van der Waals surface area contributed by atoms with Gasteiger partial charge in [0.1, 0.15) is 12.4 Å². The SMILES string of the molecule is CN(C(=O)Cn1ccc(N)n1)C1C2CC3CC(C2)CC1C3. The fourth-order valence-corrected chi connectivity index (χ4v) is 5.41. The lowest BCUT2D eigenvalue weighted by Gasteiger charge is -2.56. The lowest BCUT2D eigenvalue weighted by Crippen LogP contribution is -2.56. The minimum absolute atomic E-state index is 0.163. The van der Waals surface area contributed by atoms with Gasteiger partial charge in [0, 0.05) is 19.3 Å². The maximum atomic E-state index is 12.6. The molecule has 4 bridgehead atoms. The molecule has 5 nitrogen and oxygen atoms in total. The lowest BCUT2D eigenvalue weighted by atomic mass is 9.54. The molecule has 0 aliphatic heterocycles. The van der Waals surface area contributed by atoms with Crippen LogP contribution in [-0.4, -0.2) is 33.7 Å². The number of carbonyl (C=O) groups excluding carboxylic acids is 1. The van der Waals surface area contributed by atoms with Crippen molar-refractivity contribution in [2.75, 3.05) is 12.8 Å². The van der Waals surface area contributed by atoms with Crippen LogP contribution in [0.15, 0.2) is 12.3 Å². The monoisotopic (exact) mass is 288 g/mol. The van der Waals surface area contributed by atoms with Crippen LogP contribution in [0.5, 0.6) is 0 Å². The summed E-state index contributed by atoms with van der Waals surface area (Å²) in [7, 11) is 1.99. The van der Waals surface area contributed by atoms with Gasteiger partial charge in [-0.05, 0) is 61.8 Å². The Morgan fingerprint density at radius 2 is 1.90 bits per heavy atom. The molecule has 4 aliphatic carbocycles. The molecule has 5 heteroatoms. The lowest BCUT2D eigenvalue weighted by molar-refractivity contribution is -0.141. The van der Waals surface area contributed by atoms with Crippen LogP contribution in [-0.2, 0) is 11.3 Å². The van der Waals surface area contributed by atoms with E-state index < -0.39 is 0 Å². The Labute approximate surface area is 125 Å². The predicted molar refractivity (Wildman–Crippen MR) is 80.2 cm³/mol. The van der Waals surface area contributed by atoms with Crippen molar-refractivity contribution in [2.24, 2.45) is 23.7 Å². The number of hydrogen-bond acceptors (Lipinski definition) is 3. The minimum atomic E-state index is 0.163. The van der Waals surface area contributed by atoms with Crippen LogP contribution < -0.4 is 5.73 Å². The average molecular weight is 288 g/mol. The van der Waals surface area contributed by atoms with E-state index in [0.717, 1.165) is 23.7 Å². The van der Waals surface area contributed by atoms with Gasteiger partial charge in [0.15, 0.2) is 0 Å². The summed E-state index contributed by atoms with van der Waals surface area (Å²) in [5, 5.41) is 4.12. The molecule has 4 aliphatic rings. The number of amides is 1. The number of nitrogens with zero attached hydrogens (tertiary/aromatic N) is 3. The summed E-state index contributed by atoms with van der Waals surface area (Å²) in [5.41, 5.74) is 5.61. The van der Waals surface area contributed by atoms with E-state index in [1.165, 1.54) is 32.1 Å². The molecule has 4 saturated carbocycles. The molecule has 0 spiro atoms. The third kappa shape index (κ3) is 2.23. The molecule has 21 heavy (non-hydrogen) atoms. The molecule has 114 valence electrons. The molecular weight excluding hydrogens is 264 g/mol. The second-order valence-electron chi connectivity index (χ2n) is 7.36. The summed E-state index contributed by atoms with van der Waals surface area (Å²) in [6.07, 6.45) is 8.57. The summed E-state index contributed by atoms with van der Waals surface area (Å²) in [6.45, 7) is 0.302. The molecule has 0 aromatic carbocycles. The number of nitrogen functional groups attached to an aromatic ring is 1. The highest BCUT2D eigenvalue weighted by Crippen LogP contribution is 2.54. The Morgan fingerprint density at radius 3 is 2.43 bits per heavy atom. The van der Waals surface area contributed by atoms with E-state index in [0.29, 0.717) is 18.4 Å². The van der Waals surface area contributed by atoms with Gasteiger partial charge in [-0.25, -0.2) is 0 Å². The number of likely N-dealkylation sites (N-methyl/N-ethyl adjacent to an activating group) is 1. The maximum absolute atomic E-state index is 12.6. The molecule has 0 unspecified atom stereocenters. The van der Waals surface area contributed by atoms with Gasteiger partial charge in [-0.2, -0.15) is 5.10 Å². The predicted octanol–water partition coefficient (Wildman–Crippen LogP) is 1.75. The van der Waals surface area contributed by atoms with Crippen LogP contribution >= 0.6 is 0 Å². The average Bonchev–Trinajstić information content (AvgIpc) is 2.82. The first kappa shape index (κ1) is 13.2. The zero-order chi connectivity index (χ0) is 14.6. The molecule has 1 amide bonds. The Balaban J connectivity index is 1.47. The molecule has 1 aromatic heterocycles. The van der Waals surface area contributed by atoms with Crippen LogP contribution in [0.3, 0.4) is 0 Å². The molecule has 5 rings (SSSR count). The molecular formula is C16H24N4O. The summed E-state index contributed by atoms with van der Waals surface area (Å²) in [5.74, 6) is 3.99. The maximum Gasteiger partial charge on any atom is 0.244 e. The van der Waals surface area contributed by atoms with Gasteiger partial charge in [0.2, 0.25) is 5.91 Å². The van der Waals surface area contributed by atoms with E-state index >= 15 is 0 Å². The van der Waals surface area contributed by atoms with Crippen molar-refractivity contribution in [1.29, 1.82) is 0 Å². The summed E-state index contributed by atoms with van der Waals surface area (Å²) in [6, 6.07) is 2.19. The quantitative estimate of drug-likeness (QED) is 0.921. The number of rotatable bonds is 3. The molecule has 1 heterocycles. The van der Waals surface area contributed by atoms with Crippen LogP contribution in [0.2, 0.25) is 0 Å². The second kappa shape index (κ2) is 4.75. The Kier molecular flexibility index (Phi) is 2.98. The van der Waals surface area contributed by atoms with E-state index in [2.05, 4.69) is 5.10 Å². The highest BCUT2D eigenvalue weighted by Gasteiger charge is 2.50. The van der Waals surface area contributed by atoms with Gasteiger partial charge < -0.3 is 10.6 Å². The Morgan fingerprint density at radius 1 is 1.29 bits per heavy atom. The number of nitrogens with two attached hydrogens (primary N) is 1. The van der Waals surface area contributed by atoms with E-state index in [9.17, 15) is 4.79 Å². The van der Waals surface area contributed by atoms with Crippen molar-refractivity contribution in [3.63, 3.8) is 0 Å². The summed E-state index contributed by atoms with van der Waals surface area (Å²) in [4.78, 5) is 14.6. The molecule has 1 aromatic rings. The van der Waals surface area contributed by atoms with Crippen LogP contribution in [0.4, 0.5) is 5.82 Å². The first-order valence-corrected chi connectivity index (χ1v) is 8.14. The van der Waals surface area contributed by atoms with Gasteiger partial charge in [-0.1, -0.05) is 0 Å². The molecule has 0 saturated heterocycles. The van der Waals surface area contributed by atoms with Crippen molar-refractivity contribution >= 4 is 11.7 Å².